The van der Waals surface area contributed by atoms with E-state index in [4.69, 9.17) is 4.74 Å². The lowest BCUT2D eigenvalue weighted by molar-refractivity contribution is -0.114. The monoisotopic (exact) mass is 362 g/mol. The minimum atomic E-state index is -4.01. The summed E-state index contributed by atoms with van der Waals surface area (Å²) in [5.41, 5.74) is 1.56. The van der Waals surface area contributed by atoms with Crippen molar-refractivity contribution in [1.82, 2.24) is 4.72 Å². The van der Waals surface area contributed by atoms with Crippen molar-refractivity contribution in [3.05, 3.63) is 59.7 Å². The second-order valence-corrected chi connectivity index (χ2v) is 6.95. The molecule has 7 nitrogen and oxygen atoms in total. The van der Waals surface area contributed by atoms with Gasteiger partial charge in [-0.2, -0.15) is 0 Å². The van der Waals surface area contributed by atoms with E-state index < -0.39 is 15.9 Å². The van der Waals surface area contributed by atoms with Crippen LogP contribution in [-0.4, -0.2) is 27.3 Å². The summed E-state index contributed by atoms with van der Waals surface area (Å²) >= 11 is 0. The van der Waals surface area contributed by atoms with Gasteiger partial charge < -0.3 is 10.1 Å². The van der Waals surface area contributed by atoms with Gasteiger partial charge in [-0.25, -0.2) is 13.1 Å². The molecule has 0 aliphatic carbocycles. The summed E-state index contributed by atoms with van der Waals surface area (Å²) in [4.78, 5) is 23.0. The molecule has 8 heteroatoms. The number of sulfonamides is 1. The number of nitrogens with one attached hydrogen (secondary N) is 2. The van der Waals surface area contributed by atoms with Crippen LogP contribution in [-0.2, 0) is 26.2 Å². The molecule has 25 heavy (non-hydrogen) atoms. The molecule has 2 aromatic rings. The quantitative estimate of drug-likeness (QED) is 0.817. The van der Waals surface area contributed by atoms with Gasteiger partial charge in [-0.1, -0.05) is 12.1 Å². The fraction of sp³-hybridized carbons (Fsp3) is 0.176. The standard InChI is InChI=1S/C17H18N2O5S/c1-12(20)18-15-7-9-16(10-8-15)25(22,23)19-17(21)14-5-3-13(4-6-14)11-24-2/h3-10H,11H2,1-2H3,(H,18,20)(H,19,21). The number of hydrogen-bond donors (Lipinski definition) is 2. The van der Waals surface area contributed by atoms with Crippen LogP contribution in [0, 0.1) is 0 Å². The molecule has 0 radical (unpaired) electrons. The Morgan fingerprint density at radius 3 is 2.12 bits per heavy atom. The molecule has 2 aromatic carbocycles. The van der Waals surface area contributed by atoms with Gasteiger partial charge in [0.15, 0.2) is 0 Å². The van der Waals surface area contributed by atoms with Crippen LogP contribution in [0.25, 0.3) is 0 Å². The van der Waals surface area contributed by atoms with E-state index >= 15 is 0 Å². The van der Waals surface area contributed by atoms with Gasteiger partial charge in [0.1, 0.15) is 0 Å². The van der Waals surface area contributed by atoms with Crippen molar-refractivity contribution in [3.63, 3.8) is 0 Å². The van der Waals surface area contributed by atoms with Crippen LogP contribution in [0.5, 0.6) is 0 Å². The Kier molecular flexibility index (Phi) is 5.89. The normalized spacial score (nSPS) is 11.0. The van der Waals surface area contributed by atoms with Crippen molar-refractivity contribution in [2.75, 3.05) is 12.4 Å². The van der Waals surface area contributed by atoms with Crippen LogP contribution in [0.3, 0.4) is 0 Å². The van der Waals surface area contributed by atoms with Crippen molar-refractivity contribution in [2.45, 2.75) is 18.4 Å². The van der Waals surface area contributed by atoms with Crippen molar-refractivity contribution in [2.24, 2.45) is 0 Å². The Morgan fingerprint density at radius 1 is 1.00 bits per heavy atom. The van der Waals surface area contributed by atoms with Crippen molar-refractivity contribution < 1.29 is 22.7 Å². The number of carbonyl (C=O) groups excluding carboxylic acids is 2. The van der Waals surface area contributed by atoms with E-state index in [1.807, 2.05) is 4.72 Å². The summed E-state index contributed by atoms with van der Waals surface area (Å²) in [6.07, 6.45) is 0. The van der Waals surface area contributed by atoms with E-state index in [-0.39, 0.29) is 16.4 Å². The van der Waals surface area contributed by atoms with Crippen LogP contribution in [0.2, 0.25) is 0 Å². The molecular formula is C17H18N2O5S. The fourth-order valence-corrected chi connectivity index (χ4v) is 3.05. The average Bonchev–Trinajstić information content (AvgIpc) is 2.55. The maximum atomic E-state index is 12.3. The van der Waals surface area contributed by atoms with Gasteiger partial charge in [0.05, 0.1) is 11.5 Å². The van der Waals surface area contributed by atoms with E-state index in [1.165, 1.54) is 43.3 Å². The Morgan fingerprint density at radius 2 is 1.60 bits per heavy atom. The largest absolute Gasteiger partial charge is 0.380 e. The van der Waals surface area contributed by atoms with E-state index in [9.17, 15) is 18.0 Å². The molecule has 0 aliphatic heterocycles. The minimum Gasteiger partial charge on any atom is -0.380 e. The first kappa shape index (κ1) is 18.6. The summed E-state index contributed by atoms with van der Waals surface area (Å²) in [5, 5.41) is 2.53. The number of carbonyl (C=O) groups is 2. The highest BCUT2D eigenvalue weighted by atomic mass is 32.2. The molecule has 0 fully saturated rings. The third-order valence-electron chi connectivity index (χ3n) is 3.24. The fourth-order valence-electron chi connectivity index (χ4n) is 2.08. The van der Waals surface area contributed by atoms with Gasteiger partial charge in [-0.05, 0) is 42.0 Å². The highest BCUT2D eigenvalue weighted by molar-refractivity contribution is 7.90. The third-order valence-corrected chi connectivity index (χ3v) is 4.59. The Hall–Kier alpha value is -2.71. The van der Waals surface area contributed by atoms with Crippen LogP contribution in [0.1, 0.15) is 22.8 Å². The number of rotatable bonds is 6. The Labute approximate surface area is 146 Å². The van der Waals surface area contributed by atoms with Gasteiger partial charge in [0.25, 0.3) is 15.9 Å². The molecule has 0 bridgehead atoms. The van der Waals surface area contributed by atoms with Gasteiger partial charge in [-0.3, -0.25) is 9.59 Å². The molecule has 0 aromatic heterocycles. The number of hydrogen-bond acceptors (Lipinski definition) is 5. The Bertz CT molecular complexity index is 859. The van der Waals surface area contributed by atoms with Crippen LogP contribution in [0.15, 0.2) is 53.4 Å². The number of anilines is 1. The van der Waals surface area contributed by atoms with Crippen LogP contribution in [0.4, 0.5) is 5.69 Å². The molecule has 0 saturated carbocycles. The summed E-state index contributed by atoms with van der Waals surface area (Å²) < 4.78 is 31.6. The van der Waals surface area contributed by atoms with Crippen molar-refractivity contribution in [1.29, 1.82) is 0 Å². The van der Waals surface area contributed by atoms with Crippen LogP contribution < -0.4 is 10.0 Å². The summed E-state index contributed by atoms with van der Waals surface area (Å²) in [6.45, 7) is 1.75. The number of amides is 2. The second-order valence-electron chi connectivity index (χ2n) is 5.27. The van der Waals surface area contributed by atoms with E-state index in [0.717, 1.165) is 5.56 Å². The lowest BCUT2D eigenvalue weighted by Crippen LogP contribution is -2.30. The molecular weight excluding hydrogens is 344 g/mol. The first-order valence-electron chi connectivity index (χ1n) is 7.34. The number of benzene rings is 2. The summed E-state index contributed by atoms with van der Waals surface area (Å²) in [6, 6.07) is 11.9. The number of methoxy groups -OCH3 is 1. The van der Waals surface area contributed by atoms with Gasteiger partial charge in [0, 0.05) is 25.3 Å². The van der Waals surface area contributed by atoms with Crippen LogP contribution >= 0.6 is 0 Å². The van der Waals surface area contributed by atoms with Gasteiger partial charge >= 0.3 is 0 Å². The number of ether oxygens (including phenoxy) is 1. The highest BCUT2D eigenvalue weighted by Crippen LogP contribution is 2.15. The average molecular weight is 362 g/mol. The van der Waals surface area contributed by atoms with Gasteiger partial charge in [0.2, 0.25) is 5.91 Å². The highest BCUT2D eigenvalue weighted by Gasteiger charge is 2.18. The summed E-state index contributed by atoms with van der Waals surface area (Å²) in [7, 11) is -2.45. The van der Waals surface area contributed by atoms with Crippen molar-refractivity contribution in [3.8, 4) is 0 Å². The predicted octanol–water partition coefficient (Wildman–Crippen LogP) is 1.91. The zero-order chi connectivity index (χ0) is 18.4. The maximum Gasteiger partial charge on any atom is 0.264 e. The first-order chi connectivity index (χ1) is 11.8. The molecule has 2 N–H and O–H groups in total. The third kappa shape index (κ3) is 5.13. The minimum absolute atomic E-state index is 0.0778. The second kappa shape index (κ2) is 7.91. The lowest BCUT2D eigenvalue weighted by Gasteiger charge is -2.08. The SMILES string of the molecule is COCc1ccc(C(=O)NS(=O)(=O)c2ccc(NC(C)=O)cc2)cc1. The van der Waals surface area contributed by atoms with Crippen molar-refractivity contribution >= 4 is 27.5 Å². The molecule has 0 heterocycles. The zero-order valence-electron chi connectivity index (χ0n) is 13.8. The van der Waals surface area contributed by atoms with E-state index in [1.54, 1.807) is 19.2 Å². The first-order valence-corrected chi connectivity index (χ1v) is 8.83. The Balaban J connectivity index is 2.11. The smallest absolute Gasteiger partial charge is 0.264 e. The summed E-state index contributed by atoms with van der Waals surface area (Å²) in [5.74, 6) is -0.990. The topological polar surface area (TPSA) is 102 Å². The molecule has 0 unspecified atom stereocenters. The molecule has 2 amide bonds. The maximum absolute atomic E-state index is 12.3. The lowest BCUT2D eigenvalue weighted by atomic mass is 10.1. The molecule has 0 atom stereocenters. The van der Waals surface area contributed by atoms with E-state index in [2.05, 4.69) is 5.32 Å². The molecule has 0 aliphatic rings. The van der Waals surface area contributed by atoms with Gasteiger partial charge in [-0.15, -0.1) is 0 Å². The van der Waals surface area contributed by atoms with E-state index in [0.29, 0.717) is 12.3 Å². The molecule has 132 valence electrons. The molecule has 0 spiro atoms. The zero-order valence-corrected chi connectivity index (χ0v) is 14.6. The predicted molar refractivity (Wildman–Crippen MR) is 92.6 cm³/mol. The molecule has 0 saturated heterocycles. The molecule has 2 rings (SSSR count).